The van der Waals surface area contributed by atoms with E-state index in [4.69, 9.17) is 13.5 Å². The number of furan rings is 1. The van der Waals surface area contributed by atoms with E-state index in [1.54, 1.807) is 0 Å². The van der Waals surface area contributed by atoms with Crippen molar-refractivity contribution in [2.75, 3.05) is 13.2 Å². The zero-order valence-corrected chi connectivity index (χ0v) is 21.8. The molecule has 0 unspecified atom stereocenters. The molecule has 1 rings (SSSR count). The normalized spacial score (nSPS) is 13.8. The molecule has 0 aliphatic carbocycles. The summed E-state index contributed by atoms with van der Waals surface area (Å²) in [6.45, 7) is 20.0. The van der Waals surface area contributed by atoms with Gasteiger partial charge in [-0.15, -0.1) is 5.54 Å². The minimum Gasteiger partial charge on any atom is -0.466 e. The second-order valence-electron chi connectivity index (χ2n) is 8.61. The topological polar surface area (TPSA) is 48.7 Å². The first-order valence-corrected chi connectivity index (χ1v) is 14.8. The molecule has 1 aromatic rings. The first-order chi connectivity index (χ1) is 13.5. The summed E-state index contributed by atoms with van der Waals surface area (Å²) in [5.74, 6) is 5.21. The second kappa shape index (κ2) is 11.6. The highest BCUT2D eigenvalue weighted by atomic mass is 31.2. The van der Waals surface area contributed by atoms with E-state index in [0.29, 0.717) is 42.7 Å². The SMILES string of the molecule is CCOP(=O)(OCC)[C@@H](C#C[Si](C(C)C)(C(C)C)C(C)C)CCc1ccc(C)o1. The molecular weight excluding hydrogens is 399 g/mol. The molecule has 1 heterocycles. The van der Waals surface area contributed by atoms with Crippen molar-refractivity contribution < 1.29 is 18.0 Å². The zero-order chi connectivity index (χ0) is 22.2. The maximum absolute atomic E-state index is 13.6. The molecule has 1 aromatic heterocycles. The Balaban J connectivity index is 3.35. The molecule has 0 aliphatic rings. The third-order valence-corrected chi connectivity index (χ3v) is 14.5. The lowest BCUT2D eigenvalue weighted by Gasteiger charge is -2.38. The fourth-order valence-electron chi connectivity index (χ4n) is 4.43. The summed E-state index contributed by atoms with van der Waals surface area (Å²) in [7, 11) is -5.27. The molecule has 0 N–H and O–H groups in total. The van der Waals surface area contributed by atoms with Gasteiger partial charge in [-0.2, -0.15) is 0 Å². The van der Waals surface area contributed by atoms with E-state index in [0.717, 1.165) is 11.5 Å². The molecule has 166 valence electrons. The molecule has 0 aliphatic heterocycles. The Morgan fingerprint density at radius 1 is 1.00 bits per heavy atom. The summed E-state index contributed by atoms with van der Waals surface area (Å²) < 4.78 is 30.7. The van der Waals surface area contributed by atoms with Crippen molar-refractivity contribution in [2.24, 2.45) is 0 Å². The highest BCUT2D eigenvalue weighted by Gasteiger charge is 2.42. The third-order valence-electron chi connectivity index (χ3n) is 5.78. The van der Waals surface area contributed by atoms with Gasteiger partial charge in [0.15, 0.2) is 0 Å². The summed E-state index contributed by atoms with van der Waals surface area (Å²) in [6.07, 6.45) is 1.26. The molecule has 0 fully saturated rings. The smallest absolute Gasteiger partial charge is 0.345 e. The Labute approximate surface area is 179 Å². The molecule has 0 saturated carbocycles. The van der Waals surface area contributed by atoms with E-state index < -0.39 is 21.3 Å². The van der Waals surface area contributed by atoms with Crippen LogP contribution in [0.15, 0.2) is 16.5 Å². The van der Waals surface area contributed by atoms with Gasteiger partial charge in [-0.05, 0) is 55.9 Å². The summed E-state index contributed by atoms with van der Waals surface area (Å²) in [4.78, 5) is 0. The molecule has 0 amide bonds. The second-order valence-corrected chi connectivity index (χ2v) is 16.4. The Bertz CT molecular complexity index is 695. The Morgan fingerprint density at radius 3 is 1.90 bits per heavy atom. The molecule has 0 radical (unpaired) electrons. The van der Waals surface area contributed by atoms with Crippen LogP contribution in [0.3, 0.4) is 0 Å². The predicted molar refractivity (Wildman–Crippen MR) is 125 cm³/mol. The molecule has 29 heavy (non-hydrogen) atoms. The average molecular weight is 441 g/mol. The van der Waals surface area contributed by atoms with Crippen LogP contribution in [0.25, 0.3) is 0 Å². The van der Waals surface area contributed by atoms with Gasteiger partial charge in [0.2, 0.25) is 0 Å². The summed E-state index contributed by atoms with van der Waals surface area (Å²) >= 11 is 0. The molecular formula is C23H41O4PSi. The van der Waals surface area contributed by atoms with E-state index in [-0.39, 0.29) is 0 Å². The van der Waals surface area contributed by atoms with Gasteiger partial charge in [-0.1, -0.05) is 47.5 Å². The molecule has 0 aromatic carbocycles. The predicted octanol–water partition coefficient (Wildman–Crippen LogP) is 7.38. The van der Waals surface area contributed by atoms with E-state index in [1.807, 2.05) is 32.9 Å². The van der Waals surface area contributed by atoms with Crippen LogP contribution in [0.1, 0.15) is 73.3 Å². The number of hydrogen-bond donors (Lipinski definition) is 0. The lowest BCUT2D eigenvalue weighted by molar-refractivity contribution is 0.215. The van der Waals surface area contributed by atoms with Gasteiger partial charge in [0.1, 0.15) is 25.3 Å². The van der Waals surface area contributed by atoms with Crippen LogP contribution in [-0.2, 0) is 20.0 Å². The minimum atomic E-state index is -3.33. The largest absolute Gasteiger partial charge is 0.466 e. The number of hydrogen-bond acceptors (Lipinski definition) is 4. The van der Waals surface area contributed by atoms with Gasteiger partial charge < -0.3 is 13.5 Å². The van der Waals surface area contributed by atoms with E-state index >= 15 is 0 Å². The summed E-state index contributed by atoms with van der Waals surface area (Å²) in [5.41, 5.74) is 4.82. The van der Waals surface area contributed by atoms with Crippen LogP contribution >= 0.6 is 7.60 Å². The van der Waals surface area contributed by atoms with Gasteiger partial charge >= 0.3 is 7.60 Å². The van der Waals surface area contributed by atoms with Crippen molar-refractivity contribution in [1.29, 1.82) is 0 Å². The zero-order valence-electron chi connectivity index (χ0n) is 19.9. The monoisotopic (exact) mass is 440 g/mol. The minimum absolute atomic E-state index is 0.344. The molecule has 1 atom stereocenters. The van der Waals surface area contributed by atoms with Gasteiger partial charge in [-0.25, -0.2) is 0 Å². The first-order valence-electron chi connectivity index (χ1n) is 11.0. The fraction of sp³-hybridized carbons (Fsp3) is 0.739. The fourth-order valence-corrected chi connectivity index (χ4v) is 11.7. The van der Waals surface area contributed by atoms with Crippen LogP contribution in [0.4, 0.5) is 0 Å². The van der Waals surface area contributed by atoms with Crippen molar-refractivity contribution in [2.45, 2.75) is 97.4 Å². The third kappa shape index (κ3) is 6.59. The van der Waals surface area contributed by atoms with Crippen molar-refractivity contribution in [1.82, 2.24) is 0 Å². The maximum atomic E-state index is 13.6. The standard InChI is InChI=1S/C23H41O4PSi/c1-10-25-28(24,26-11-2)23(15-14-22-13-12-21(9)27-22)16-17-29(18(3)4,19(5)6)20(7)8/h12-13,18-20,23H,10-11,14-15H2,1-9H3/t23-/m1/s1. The maximum Gasteiger partial charge on any atom is 0.345 e. The molecule has 0 bridgehead atoms. The summed E-state index contributed by atoms with van der Waals surface area (Å²) in [6, 6.07) is 3.93. The number of rotatable bonds is 11. The highest BCUT2D eigenvalue weighted by molar-refractivity contribution is 7.55. The van der Waals surface area contributed by atoms with E-state index in [9.17, 15) is 4.57 Å². The Morgan fingerprint density at radius 2 is 1.52 bits per heavy atom. The van der Waals surface area contributed by atoms with Crippen LogP contribution < -0.4 is 0 Å². The molecule has 6 heteroatoms. The quantitative estimate of drug-likeness (QED) is 0.205. The first kappa shape index (κ1) is 26.2. The Hall–Kier alpha value is -0.793. The molecule has 0 saturated heterocycles. The van der Waals surface area contributed by atoms with Crippen molar-refractivity contribution in [3.8, 4) is 11.5 Å². The molecule has 0 spiro atoms. The molecule has 4 nitrogen and oxygen atoms in total. The Kier molecular flexibility index (Phi) is 10.5. The summed E-state index contributed by atoms with van der Waals surface area (Å²) in [5, 5.41) is 0. The van der Waals surface area contributed by atoms with Crippen molar-refractivity contribution in [3.05, 3.63) is 23.7 Å². The van der Waals surface area contributed by atoms with Gasteiger partial charge in [0.05, 0.1) is 13.2 Å². The van der Waals surface area contributed by atoms with Gasteiger partial charge in [0, 0.05) is 6.42 Å². The van der Waals surface area contributed by atoms with Crippen LogP contribution in [0, 0.1) is 18.4 Å². The van der Waals surface area contributed by atoms with E-state index in [1.165, 1.54) is 0 Å². The van der Waals surface area contributed by atoms with E-state index in [2.05, 4.69) is 53.0 Å². The van der Waals surface area contributed by atoms with Crippen LogP contribution in [0.2, 0.25) is 16.6 Å². The van der Waals surface area contributed by atoms with Crippen LogP contribution in [0.5, 0.6) is 0 Å². The van der Waals surface area contributed by atoms with Gasteiger partial charge in [-0.3, -0.25) is 4.57 Å². The lowest BCUT2D eigenvalue weighted by atomic mass is 10.2. The highest BCUT2D eigenvalue weighted by Crippen LogP contribution is 2.54. The van der Waals surface area contributed by atoms with Crippen molar-refractivity contribution >= 4 is 15.7 Å². The van der Waals surface area contributed by atoms with Crippen molar-refractivity contribution in [3.63, 3.8) is 0 Å². The van der Waals surface area contributed by atoms with Gasteiger partial charge in [0.25, 0.3) is 0 Å². The number of aryl methyl sites for hydroxylation is 2. The average Bonchev–Trinajstić information content (AvgIpc) is 3.02. The van der Waals surface area contributed by atoms with Crippen LogP contribution in [-0.4, -0.2) is 26.9 Å². The lowest BCUT2D eigenvalue weighted by Crippen LogP contribution is -2.43.